The van der Waals surface area contributed by atoms with E-state index >= 15 is 0 Å². The molecule has 0 bridgehead atoms. The number of nitrogens with zero attached hydrogens (tertiary/aromatic N) is 3. The van der Waals surface area contributed by atoms with Crippen molar-refractivity contribution in [3.63, 3.8) is 0 Å². The van der Waals surface area contributed by atoms with Crippen molar-refractivity contribution < 1.29 is 9.32 Å². The largest absolute Gasteiger partial charge is 0.394 e. The highest BCUT2D eigenvalue weighted by Gasteiger charge is 2.54. The van der Waals surface area contributed by atoms with Crippen LogP contribution in [0.2, 0.25) is 5.02 Å². The zero-order valence-electron chi connectivity index (χ0n) is 17.4. The Bertz CT molecular complexity index is 1030. The summed E-state index contributed by atoms with van der Waals surface area (Å²) in [6.07, 6.45) is 6.00. The summed E-state index contributed by atoms with van der Waals surface area (Å²) in [5, 5.41) is 14.4. The zero-order chi connectivity index (χ0) is 21.2. The fraction of sp³-hybridized carbons (Fsp3) is 0.565. The van der Waals surface area contributed by atoms with Gasteiger partial charge in [0.05, 0.1) is 28.6 Å². The summed E-state index contributed by atoms with van der Waals surface area (Å²) in [5.74, 6) is 2.27. The molecule has 2 aromatic rings. The molecule has 164 valence electrons. The van der Waals surface area contributed by atoms with Gasteiger partial charge in [0, 0.05) is 29.3 Å². The number of aliphatic hydroxyl groups is 1. The third-order valence-electron chi connectivity index (χ3n) is 7.56. The van der Waals surface area contributed by atoms with Gasteiger partial charge in [-0.1, -0.05) is 23.7 Å². The van der Waals surface area contributed by atoms with Gasteiger partial charge in [0.2, 0.25) is 5.95 Å². The molecule has 4 aliphatic rings. The van der Waals surface area contributed by atoms with E-state index in [-0.39, 0.29) is 17.4 Å². The Kier molecular flexibility index (Phi) is 4.78. The molecule has 6 rings (SSSR count). The molecule has 0 amide bonds. The van der Waals surface area contributed by atoms with E-state index in [1.54, 1.807) is 0 Å². The van der Waals surface area contributed by atoms with Gasteiger partial charge in [-0.3, -0.25) is 4.21 Å². The number of aliphatic hydroxyl groups excluding tert-OH is 1. The van der Waals surface area contributed by atoms with Crippen LogP contribution in [-0.2, 0) is 10.8 Å². The minimum atomic E-state index is -1.04. The average molecular weight is 459 g/mol. The van der Waals surface area contributed by atoms with Crippen LogP contribution in [0.4, 0.5) is 11.8 Å². The topological polar surface area (TPSA) is 78.3 Å². The maximum Gasteiger partial charge on any atom is 0.227 e. The van der Waals surface area contributed by atoms with Gasteiger partial charge >= 0.3 is 0 Å². The second-order valence-electron chi connectivity index (χ2n) is 9.49. The van der Waals surface area contributed by atoms with E-state index in [2.05, 4.69) is 22.3 Å². The summed E-state index contributed by atoms with van der Waals surface area (Å²) in [7, 11) is -1.04. The van der Waals surface area contributed by atoms with Crippen molar-refractivity contribution in [2.75, 3.05) is 29.9 Å². The summed E-state index contributed by atoms with van der Waals surface area (Å²) in [6.45, 7) is 1.87. The Balaban J connectivity index is 1.26. The third-order valence-corrected chi connectivity index (χ3v) is 9.68. The quantitative estimate of drug-likeness (QED) is 0.709. The molecule has 1 saturated heterocycles. The number of benzene rings is 1. The van der Waals surface area contributed by atoms with Crippen LogP contribution < -0.4 is 10.2 Å². The van der Waals surface area contributed by atoms with Crippen LogP contribution in [0.1, 0.15) is 61.6 Å². The standard InChI is InChI=1S/C23H27ClN4O2S/c24-16-4-2-14(3-5-16)15-6-10-28(11-7-15)22-25-19-17-12-18(17)31(30)20(19)21(26-22)27-23(13-29)8-1-9-23/h2-5,15,17-18,29H,1,6-13H2,(H,25,26,27). The van der Waals surface area contributed by atoms with E-state index in [1.807, 2.05) is 12.1 Å². The highest BCUT2D eigenvalue weighted by molar-refractivity contribution is 7.86. The van der Waals surface area contributed by atoms with Crippen LogP contribution in [0.3, 0.4) is 0 Å². The van der Waals surface area contributed by atoms with Gasteiger partial charge in [0.1, 0.15) is 10.7 Å². The van der Waals surface area contributed by atoms with E-state index in [9.17, 15) is 9.32 Å². The predicted molar refractivity (Wildman–Crippen MR) is 123 cm³/mol. The lowest BCUT2D eigenvalue weighted by Crippen LogP contribution is -2.49. The number of anilines is 2. The lowest BCUT2D eigenvalue weighted by atomic mass is 9.77. The number of hydrogen-bond donors (Lipinski definition) is 2. The summed E-state index contributed by atoms with van der Waals surface area (Å²) in [4.78, 5) is 12.9. The second kappa shape index (κ2) is 7.42. The van der Waals surface area contributed by atoms with Crippen molar-refractivity contribution >= 4 is 34.2 Å². The number of aromatic nitrogens is 2. The molecule has 0 radical (unpaired) electrons. The average Bonchev–Trinajstić information content (AvgIpc) is 3.52. The van der Waals surface area contributed by atoms with Gasteiger partial charge in [0.25, 0.3) is 0 Å². The molecule has 3 unspecified atom stereocenters. The van der Waals surface area contributed by atoms with Crippen molar-refractivity contribution in [2.24, 2.45) is 0 Å². The number of hydrogen-bond acceptors (Lipinski definition) is 6. The van der Waals surface area contributed by atoms with Gasteiger partial charge in [-0.2, -0.15) is 4.98 Å². The lowest BCUT2D eigenvalue weighted by Gasteiger charge is -2.42. The molecule has 1 aromatic carbocycles. The molecule has 3 fully saturated rings. The lowest BCUT2D eigenvalue weighted by molar-refractivity contribution is 0.143. The first-order valence-electron chi connectivity index (χ1n) is 11.3. The summed E-state index contributed by atoms with van der Waals surface area (Å²) in [6, 6.07) is 8.20. The normalized spacial score (nSPS) is 28.6. The minimum Gasteiger partial charge on any atom is -0.394 e. The number of piperidine rings is 1. The first kappa shape index (κ1) is 19.9. The fourth-order valence-corrected chi connectivity index (χ4v) is 7.23. The predicted octanol–water partition coefficient (Wildman–Crippen LogP) is 3.82. The van der Waals surface area contributed by atoms with Crippen molar-refractivity contribution in [1.82, 2.24) is 9.97 Å². The highest BCUT2D eigenvalue weighted by atomic mass is 35.5. The molecule has 2 aliphatic carbocycles. The van der Waals surface area contributed by atoms with E-state index in [0.717, 1.165) is 73.2 Å². The Morgan fingerprint density at radius 3 is 2.58 bits per heavy atom. The van der Waals surface area contributed by atoms with E-state index in [4.69, 9.17) is 21.6 Å². The molecule has 1 aromatic heterocycles. The van der Waals surface area contributed by atoms with Gasteiger partial charge in [0.15, 0.2) is 0 Å². The summed E-state index contributed by atoms with van der Waals surface area (Å²) in [5.41, 5.74) is 1.99. The third kappa shape index (κ3) is 3.36. The maximum atomic E-state index is 13.0. The molecule has 3 atom stereocenters. The number of halogens is 1. The Labute approximate surface area is 189 Å². The zero-order valence-corrected chi connectivity index (χ0v) is 19.0. The summed E-state index contributed by atoms with van der Waals surface area (Å²) < 4.78 is 13.0. The Morgan fingerprint density at radius 1 is 1.19 bits per heavy atom. The fourth-order valence-electron chi connectivity index (χ4n) is 5.30. The smallest absolute Gasteiger partial charge is 0.227 e. The van der Waals surface area contributed by atoms with E-state index in [0.29, 0.717) is 17.7 Å². The molecule has 31 heavy (non-hydrogen) atoms. The number of nitrogens with one attached hydrogen (secondary N) is 1. The van der Waals surface area contributed by atoms with Crippen molar-refractivity contribution in [1.29, 1.82) is 0 Å². The van der Waals surface area contributed by atoms with E-state index < -0.39 is 10.8 Å². The van der Waals surface area contributed by atoms with Crippen molar-refractivity contribution in [3.05, 3.63) is 40.5 Å². The molecule has 0 spiro atoms. The highest BCUT2D eigenvalue weighted by Crippen LogP contribution is 2.56. The SMILES string of the molecule is O=S1c2c(NC3(CO)CCC3)nc(N3CCC(c4ccc(Cl)cc4)CC3)nc2C2CC21. The molecule has 3 heterocycles. The molecular formula is C23H27ClN4O2S. The monoisotopic (exact) mass is 458 g/mol. The molecule has 2 saturated carbocycles. The number of rotatable bonds is 5. The molecule has 8 heteroatoms. The first-order valence-corrected chi connectivity index (χ1v) is 12.9. The maximum absolute atomic E-state index is 13.0. The Hall–Kier alpha value is -1.70. The van der Waals surface area contributed by atoms with Crippen LogP contribution in [0.15, 0.2) is 29.2 Å². The van der Waals surface area contributed by atoms with Crippen LogP contribution in [0.5, 0.6) is 0 Å². The molecule has 2 aliphatic heterocycles. The molecule has 2 N–H and O–H groups in total. The molecule has 6 nitrogen and oxygen atoms in total. The summed E-state index contributed by atoms with van der Waals surface area (Å²) >= 11 is 6.04. The van der Waals surface area contributed by atoms with Gasteiger partial charge in [-0.25, -0.2) is 4.98 Å². The van der Waals surface area contributed by atoms with Crippen LogP contribution in [-0.4, -0.2) is 49.8 Å². The Morgan fingerprint density at radius 2 is 1.94 bits per heavy atom. The van der Waals surface area contributed by atoms with Gasteiger partial charge in [-0.05, 0) is 62.1 Å². The second-order valence-corrected chi connectivity index (χ2v) is 11.5. The van der Waals surface area contributed by atoms with Crippen LogP contribution >= 0.6 is 11.6 Å². The van der Waals surface area contributed by atoms with Gasteiger partial charge in [-0.15, -0.1) is 0 Å². The van der Waals surface area contributed by atoms with Gasteiger partial charge < -0.3 is 15.3 Å². The van der Waals surface area contributed by atoms with Crippen molar-refractivity contribution in [2.45, 2.75) is 66.0 Å². The molecular weight excluding hydrogens is 432 g/mol. The van der Waals surface area contributed by atoms with E-state index in [1.165, 1.54) is 5.56 Å². The van der Waals surface area contributed by atoms with Crippen LogP contribution in [0, 0.1) is 0 Å². The van der Waals surface area contributed by atoms with Crippen LogP contribution in [0.25, 0.3) is 0 Å². The first-order chi connectivity index (χ1) is 15.1. The minimum absolute atomic E-state index is 0.0765. The number of fused-ring (bicyclic) bond motifs is 3. The van der Waals surface area contributed by atoms with Crippen molar-refractivity contribution in [3.8, 4) is 0 Å².